The van der Waals surface area contributed by atoms with Gasteiger partial charge in [0.25, 0.3) is 0 Å². The van der Waals surface area contributed by atoms with Crippen LogP contribution in [0.3, 0.4) is 0 Å². The van der Waals surface area contributed by atoms with E-state index in [-0.39, 0.29) is 17.8 Å². The number of rotatable bonds is 4. The van der Waals surface area contributed by atoms with Crippen LogP contribution in [0.2, 0.25) is 0 Å². The lowest BCUT2D eigenvalue weighted by Gasteiger charge is -2.20. The topological polar surface area (TPSA) is 37.3 Å². The highest BCUT2D eigenvalue weighted by atomic mass is 32.1. The van der Waals surface area contributed by atoms with Gasteiger partial charge in [-0.1, -0.05) is 51.1 Å². The van der Waals surface area contributed by atoms with E-state index in [2.05, 4.69) is 45.0 Å². The molecule has 1 atom stereocenters. The molecule has 0 amide bonds. The van der Waals surface area contributed by atoms with Crippen molar-refractivity contribution in [2.45, 2.75) is 38.5 Å². The Hall–Kier alpha value is -1.61. The van der Waals surface area contributed by atoms with E-state index in [4.69, 9.17) is 5.11 Å². The Bertz CT molecular complexity index is 562. The highest BCUT2D eigenvalue weighted by Gasteiger charge is 2.20. The van der Waals surface area contributed by atoms with Crippen molar-refractivity contribution in [2.24, 2.45) is 0 Å². The second-order valence-electron chi connectivity index (χ2n) is 6.04. The fourth-order valence-electron chi connectivity index (χ4n) is 2.26. The zero-order chi connectivity index (χ0) is 14.8. The fraction of sp³-hybridized carbons (Fsp3) is 0.353. The molecule has 1 heterocycles. The summed E-state index contributed by atoms with van der Waals surface area (Å²) < 4.78 is 0. The second-order valence-corrected chi connectivity index (χ2v) is 7.02. The lowest BCUT2D eigenvalue weighted by Crippen LogP contribution is -2.12. The smallest absolute Gasteiger partial charge is 0.304 e. The summed E-state index contributed by atoms with van der Waals surface area (Å²) >= 11 is 1.61. The Morgan fingerprint density at radius 2 is 1.85 bits per heavy atom. The number of aliphatic carboxylic acids is 1. The maximum atomic E-state index is 11.1. The zero-order valence-corrected chi connectivity index (χ0v) is 12.9. The van der Waals surface area contributed by atoms with E-state index in [1.165, 1.54) is 5.56 Å². The first kappa shape index (κ1) is 14.8. The molecule has 2 nitrogen and oxygen atoms in total. The molecular formula is C17H20O2S. The number of carbonyl (C=O) groups is 1. The van der Waals surface area contributed by atoms with E-state index in [0.29, 0.717) is 0 Å². The lowest BCUT2D eigenvalue weighted by atomic mass is 9.85. The Balaban J connectivity index is 2.32. The van der Waals surface area contributed by atoms with E-state index in [1.807, 2.05) is 17.5 Å². The lowest BCUT2D eigenvalue weighted by molar-refractivity contribution is -0.137. The van der Waals surface area contributed by atoms with Crippen LogP contribution in [0.5, 0.6) is 0 Å². The van der Waals surface area contributed by atoms with E-state index >= 15 is 0 Å². The molecule has 0 aliphatic heterocycles. The van der Waals surface area contributed by atoms with Gasteiger partial charge >= 0.3 is 5.97 Å². The first-order chi connectivity index (χ1) is 9.38. The maximum absolute atomic E-state index is 11.1. The second kappa shape index (κ2) is 5.80. The van der Waals surface area contributed by atoms with Gasteiger partial charge in [-0.05, 0) is 28.0 Å². The molecule has 0 fully saturated rings. The van der Waals surface area contributed by atoms with Crippen molar-refractivity contribution in [3.05, 3.63) is 57.8 Å². The Morgan fingerprint density at radius 1 is 1.20 bits per heavy atom. The van der Waals surface area contributed by atoms with E-state index in [9.17, 15) is 4.79 Å². The van der Waals surface area contributed by atoms with Gasteiger partial charge in [0.05, 0.1) is 6.42 Å². The molecule has 20 heavy (non-hydrogen) atoms. The van der Waals surface area contributed by atoms with Gasteiger partial charge in [-0.15, -0.1) is 11.3 Å². The van der Waals surface area contributed by atoms with Gasteiger partial charge in [0.15, 0.2) is 0 Å². The number of carboxylic acid groups (broad SMARTS) is 1. The summed E-state index contributed by atoms with van der Waals surface area (Å²) in [4.78, 5) is 12.2. The molecule has 0 spiro atoms. The van der Waals surface area contributed by atoms with Crippen molar-refractivity contribution in [1.82, 2.24) is 0 Å². The quantitative estimate of drug-likeness (QED) is 0.889. The molecule has 0 aliphatic rings. The predicted octanol–water partition coefficient (Wildman–Crippen LogP) is 4.65. The molecule has 2 rings (SSSR count). The largest absolute Gasteiger partial charge is 0.481 e. The van der Waals surface area contributed by atoms with Crippen LogP contribution in [-0.4, -0.2) is 11.1 Å². The molecule has 0 radical (unpaired) electrons. The van der Waals surface area contributed by atoms with E-state index in [0.717, 1.165) is 10.4 Å². The minimum Gasteiger partial charge on any atom is -0.481 e. The number of hydrogen-bond donors (Lipinski definition) is 1. The summed E-state index contributed by atoms with van der Waals surface area (Å²) in [6, 6.07) is 12.3. The molecule has 0 saturated heterocycles. The third-order valence-electron chi connectivity index (χ3n) is 3.44. The van der Waals surface area contributed by atoms with Gasteiger partial charge < -0.3 is 5.11 Å². The first-order valence-electron chi connectivity index (χ1n) is 6.73. The zero-order valence-electron chi connectivity index (χ0n) is 12.1. The summed E-state index contributed by atoms with van der Waals surface area (Å²) in [5, 5.41) is 11.1. The molecule has 1 aromatic heterocycles. The van der Waals surface area contributed by atoms with Gasteiger partial charge in [0.1, 0.15) is 0 Å². The first-order valence-corrected chi connectivity index (χ1v) is 7.61. The van der Waals surface area contributed by atoms with Gasteiger partial charge in [0, 0.05) is 10.8 Å². The molecule has 0 saturated carbocycles. The summed E-state index contributed by atoms with van der Waals surface area (Å²) in [5.74, 6) is -0.815. The van der Waals surface area contributed by atoms with Crippen molar-refractivity contribution in [3.8, 4) is 0 Å². The van der Waals surface area contributed by atoms with Crippen LogP contribution in [0.1, 0.15) is 49.1 Å². The Labute approximate surface area is 124 Å². The van der Waals surface area contributed by atoms with Gasteiger partial charge in [-0.3, -0.25) is 4.79 Å². The normalized spacial score (nSPS) is 13.2. The predicted molar refractivity (Wildman–Crippen MR) is 83.6 cm³/mol. The van der Waals surface area contributed by atoms with Gasteiger partial charge in [-0.2, -0.15) is 0 Å². The highest BCUT2D eigenvalue weighted by Crippen LogP contribution is 2.32. The summed E-state index contributed by atoms with van der Waals surface area (Å²) in [7, 11) is 0. The molecule has 1 N–H and O–H groups in total. The minimum atomic E-state index is -0.761. The molecule has 106 valence electrons. The SMILES string of the molecule is CC(C)(C)c1ccc(C(CC(=O)O)c2cccs2)cc1. The van der Waals surface area contributed by atoms with Crippen LogP contribution in [0, 0.1) is 0 Å². The Morgan fingerprint density at radius 3 is 2.30 bits per heavy atom. The number of hydrogen-bond acceptors (Lipinski definition) is 2. The van der Waals surface area contributed by atoms with Crippen molar-refractivity contribution in [2.75, 3.05) is 0 Å². The van der Waals surface area contributed by atoms with Crippen molar-refractivity contribution >= 4 is 17.3 Å². The fourth-order valence-corrected chi connectivity index (χ4v) is 3.12. The third-order valence-corrected chi connectivity index (χ3v) is 4.43. The van der Waals surface area contributed by atoms with Crippen LogP contribution in [0.25, 0.3) is 0 Å². The van der Waals surface area contributed by atoms with E-state index in [1.54, 1.807) is 11.3 Å². The maximum Gasteiger partial charge on any atom is 0.304 e. The molecular weight excluding hydrogens is 268 g/mol. The van der Waals surface area contributed by atoms with Crippen molar-refractivity contribution in [1.29, 1.82) is 0 Å². The minimum absolute atomic E-state index is 0.0541. The average molecular weight is 288 g/mol. The molecule has 3 heteroatoms. The highest BCUT2D eigenvalue weighted by molar-refractivity contribution is 7.10. The van der Waals surface area contributed by atoms with Gasteiger partial charge in [0.2, 0.25) is 0 Å². The van der Waals surface area contributed by atoms with Gasteiger partial charge in [-0.25, -0.2) is 0 Å². The van der Waals surface area contributed by atoms with E-state index < -0.39 is 5.97 Å². The standard InChI is InChI=1S/C17H20O2S/c1-17(2,3)13-8-6-12(7-9-13)14(11-16(18)19)15-5-4-10-20-15/h4-10,14H,11H2,1-3H3,(H,18,19). The summed E-state index contributed by atoms with van der Waals surface area (Å²) in [6.07, 6.45) is 0.134. The van der Waals surface area contributed by atoms with Crippen LogP contribution in [0.4, 0.5) is 0 Å². The number of thiophene rings is 1. The molecule has 0 bridgehead atoms. The van der Waals surface area contributed by atoms with Crippen LogP contribution in [-0.2, 0) is 10.2 Å². The summed E-state index contributed by atoms with van der Waals surface area (Å²) in [5.41, 5.74) is 2.45. The number of benzene rings is 1. The molecule has 2 aromatic rings. The van der Waals surface area contributed by atoms with Crippen molar-refractivity contribution in [3.63, 3.8) is 0 Å². The third kappa shape index (κ3) is 3.48. The van der Waals surface area contributed by atoms with Crippen LogP contribution in [0.15, 0.2) is 41.8 Å². The summed E-state index contributed by atoms with van der Waals surface area (Å²) in [6.45, 7) is 6.53. The van der Waals surface area contributed by atoms with Crippen molar-refractivity contribution < 1.29 is 9.90 Å². The molecule has 1 aromatic carbocycles. The van der Waals surface area contributed by atoms with Crippen LogP contribution >= 0.6 is 11.3 Å². The Kier molecular flexibility index (Phi) is 4.29. The monoisotopic (exact) mass is 288 g/mol. The molecule has 0 aliphatic carbocycles. The number of carboxylic acids is 1. The van der Waals surface area contributed by atoms with Crippen LogP contribution < -0.4 is 0 Å². The molecule has 1 unspecified atom stereocenters. The average Bonchev–Trinajstić information content (AvgIpc) is 2.88.